The number of aliphatic imine (C=N–C) groups is 1. The van der Waals surface area contributed by atoms with E-state index in [1.807, 2.05) is 131 Å². The number of nitrogens with two attached hydrogens (primary N) is 1. The number of sulfonamides is 1. The van der Waals surface area contributed by atoms with Crippen molar-refractivity contribution >= 4 is 45.0 Å². The molecule has 3 atom stereocenters. The van der Waals surface area contributed by atoms with Crippen molar-refractivity contribution in [1.82, 2.24) is 24.4 Å². The zero-order chi connectivity index (χ0) is 51.6. The van der Waals surface area contributed by atoms with E-state index < -0.39 is 57.1 Å². The number of rotatable bonds is 14. The molecular formula is C55H71N7O8S. The van der Waals surface area contributed by atoms with Gasteiger partial charge in [-0.15, -0.1) is 0 Å². The lowest BCUT2D eigenvalue weighted by atomic mass is 9.91. The molecule has 3 heterocycles. The number of nitrogens with zero attached hydrogens (tertiary/aromatic N) is 4. The first kappa shape index (κ1) is 52.4. The third kappa shape index (κ3) is 12.6. The van der Waals surface area contributed by atoms with E-state index in [1.54, 1.807) is 40.8 Å². The molecule has 0 radical (unpaired) electrons. The van der Waals surface area contributed by atoms with Gasteiger partial charge in [0.25, 0.3) is 10.0 Å². The van der Waals surface area contributed by atoms with E-state index in [2.05, 4.69) is 19.9 Å². The van der Waals surface area contributed by atoms with Crippen molar-refractivity contribution in [2.75, 3.05) is 13.1 Å². The highest BCUT2D eigenvalue weighted by Gasteiger charge is 2.45. The summed E-state index contributed by atoms with van der Waals surface area (Å²) < 4.78 is 50.1. The maximum absolute atomic E-state index is 15.1. The third-order valence-corrected chi connectivity index (χ3v) is 14.6. The molecule has 0 spiro atoms. The van der Waals surface area contributed by atoms with Gasteiger partial charge in [-0.3, -0.25) is 19.3 Å². The van der Waals surface area contributed by atoms with Crippen LogP contribution in [0.25, 0.3) is 10.9 Å². The molecule has 5 aromatic rings. The van der Waals surface area contributed by atoms with E-state index in [-0.39, 0.29) is 36.3 Å². The fraction of sp³-hybridized carbons (Fsp3) is 0.455. The van der Waals surface area contributed by atoms with Crippen LogP contribution in [0.4, 0.5) is 9.59 Å². The largest absolute Gasteiger partial charge is 0.487 e. The molecule has 1 aromatic heterocycles. The predicted molar refractivity (Wildman–Crippen MR) is 277 cm³/mol. The number of benzene rings is 4. The number of carbonyl (C=O) groups excluding carboxylic acids is 3. The second-order valence-electron chi connectivity index (χ2n) is 21.5. The molecule has 1 fully saturated rings. The van der Waals surface area contributed by atoms with Gasteiger partial charge in [-0.05, 0) is 135 Å². The number of fused-ring (bicyclic) bond motifs is 2. The third-order valence-electron chi connectivity index (χ3n) is 13.0. The monoisotopic (exact) mass is 990 g/mol. The van der Waals surface area contributed by atoms with Crippen LogP contribution in [0.1, 0.15) is 107 Å². The average Bonchev–Trinajstić information content (AvgIpc) is 3.82. The van der Waals surface area contributed by atoms with Crippen LogP contribution in [0.5, 0.6) is 5.75 Å². The molecule has 4 N–H and O–H groups in total. The van der Waals surface area contributed by atoms with Crippen LogP contribution in [0.2, 0.25) is 0 Å². The molecule has 2 amide bonds. The van der Waals surface area contributed by atoms with Crippen molar-refractivity contribution in [2.24, 2.45) is 10.7 Å². The molecule has 380 valence electrons. The van der Waals surface area contributed by atoms with Crippen molar-refractivity contribution in [3.05, 3.63) is 130 Å². The Labute approximate surface area is 419 Å². The molecule has 1 saturated heterocycles. The van der Waals surface area contributed by atoms with Gasteiger partial charge in [0, 0.05) is 55.8 Å². The van der Waals surface area contributed by atoms with Gasteiger partial charge < -0.3 is 30.2 Å². The lowest BCUT2D eigenvalue weighted by Crippen LogP contribution is -2.67. The van der Waals surface area contributed by atoms with Crippen molar-refractivity contribution in [3.63, 3.8) is 0 Å². The molecule has 2 aliphatic rings. The molecule has 2 aliphatic heterocycles. The molecule has 0 saturated carbocycles. The Morgan fingerprint density at radius 3 is 2.10 bits per heavy atom. The summed E-state index contributed by atoms with van der Waals surface area (Å²) in [5, 5.41) is 4.05. The molecule has 15 nitrogen and oxygen atoms in total. The number of alkyl carbamates (subject to hydrolysis) is 1. The molecular weight excluding hydrogens is 919 g/mol. The standard InChI is InChI=1S/C55H71N7O8S/c1-35-36(2)48(37(3)42-30-55(10,11)68-47(35)42)71(66,67)59-50(56)57-28-20-27-45-49(63)60(31-38-21-14-12-15-22-38)34-46(61(45)32-39-23-16-13-17-24-39)43(58-51(64)69-53(4,5)6)29-40-33-62(52(65)70-54(7,8)9)44-26-19-18-25-41(40)44/h12-19,21-26,33,43,45-46H,20,27-32,34H2,1-11H3,(H,58,64)(H3,56,57,59)/t43-,45-,46-/m0/s1. The smallest absolute Gasteiger partial charge is 0.419 e. The minimum Gasteiger partial charge on any atom is -0.487 e. The Morgan fingerprint density at radius 2 is 1.46 bits per heavy atom. The molecule has 4 aromatic carbocycles. The quantitative estimate of drug-likeness (QED) is 0.0551. The summed E-state index contributed by atoms with van der Waals surface area (Å²) in [4.78, 5) is 51.5. The van der Waals surface area contributed by atoms with Crippen LogP contribution < -0.4 is 20.5 Å². The summed E-state index contributed by atoms with van der Waals surface area (Å²) in [6.45, 7) is 21.3. The van der Waals surface area contributed by atoms with Crippen LogP contribution in [0.3, 0.4) is 0 Å². The zero-order valence-electron chi connectivity index (χ0n) is 43.1. The fourth-order valence-electron chi connectivity index (χ4n) is 9.83. The summed E-state index contributed by atoms with van der Waals surface area (Å²) in [7, 11) is -4.14. The summed E-state index contributed by atoms with van der Waals surface area (Å²) >= 11 is 0. The zero-order valence-corrected chi connectivity index (χ0v) is 43.9. The van der Waals surface area contributed by atoms with Gasteiger partial charge in [-0.2, -0.15) is 0 Å². The number of hydrogen-bond donors (Lipinski definition) is 3. The minimum absolute atomic E-state index is 0.0960. The van der Waals surface area contributed by atoms with E-state index in [0.717, 1.165) is 39.0 Å². The topological polar surface area (TPSA) is 187 Å². The lowest BCUT2D eigenvalue weighted by Gasteiger charge is -2.49. The van der Waals surface area contributed by atoms with Gasteiger partial charge in [0.15, 0.2) is 0 Å². The Hall–Kier alpha value is -6.39. The van der Waals surface area contributed by atoms with E-state index in [9.17, 15) is 18.0 Å². The van der Waals surface area contributed by atoms with Gasteiger partial charge in [0.1, 0.15) is 22.6 Å². The molecule has 0 aliphatic carbocycles. The maximum Gasteiger partial charge on any atom is 0.419 e. The molecule has 16 heteroatoms. The second-order valence-corrected chi connectivity index (χ2v) is 23.1. The van der Waals surface area contributed by atoms with Crippen molar-refractivity contribution in [3.8, 4) is 5.75 Å². The first-order valence-corrected chi connectivity index (χ1v) is 25.9. The van der Waals surface area contributed by atoms with Gasteiger partial charge >= 0.3 is 12.2 Å². The number of carbonyl (C=O) groups is 3. The van der Waals surface area contributed by atoms with Crippen LogP contribution in [0.15, 0.2) is 101 Å². The van der Waals surface area contributed by atoms with Crippen LogP contribution in [0, 0.1) is 20.8 Å². The highest BCUT2D eigenvalue weighted by molar-refractivity contribution is 7.90. The summed E-state index contributed by atoms with van der Waals surface area (Å²) in [6, 6.07) is 25.4. The lowest BCUT2D eigenvalue weighted by molar-refractivity contribution is -0.148. The van der Waals surface area contributed by atoms with Crippen LogP contribution in [-0.2, 0) is 50.2 Å². The van der Waals surface area contributed by atoms with Gasteiger partial charge in [0.05, 0.1) is 22.5 Å². The Kier molecular flexibility index (Phi) is 15.3. The molecule has 0 unspecified atom stereocenters. The number of aromatic nitrogens is 1. The molecule has 0 bridgehead atoms. The van der Waals surface area contributed by atoms with Crippen molar-refractivity contribution in [2.45, 2.75) is 155 Å². The number of amides is 2. The fourth-order valence-corrected chi connectivity index (χ4v) is 11.4. The number of nitrogens with one attached hydrogen (secondary N) is 2. The number of piperazine rings is 1. The highest BCUT2D eigenvalue weighted by atomic mass is 32.2. The molecule has 7 rings (SSSR count). The van der Waals surface area contributed by atoms with Crippen molar-refractivity contribution in [1.29, 1.82) is 0 Å². The van der Waals surface area contributed by atoms with E-state index in [0.29, 0.717) is 49.0 Å². The van der Waals surface area contributed by atoms with Gasteiger partial charge in [-0.25, -0.2) is 22.7 Å². The van der Waals surface area contributed by atoms with E-state index >= 15 is 4.79 Å². The van der Waals surface area contributed by atoms with Gasteiger partial charge in [-0.1, -0.05) is 78.9 Å². The first-order valence-electron chi connectivity index (χ1n) is 24.4. The van der Waals surface area contributed by atoms with E-state index in [1.165, 1.54) is 4.57 Å². The minimum atomic E-state index is -4.14. The second kappa shape index (κ2) is 20.8. The number of hydrogen-bond acceptors (Lipinski definition) is 10. The van der Waals surface area contributed by atoms with Gasteiger partial charge in [0.2, 0.25) is 11.9 Å². The first-order chi connectivity index (χ1) is 33.3. The Morgan fingerprint density at radius 1 is 0.859 bits per heavy atom. The Balaban J connectivity index is 1.23. The van der Waals surface area contributed by atoms with Crippen LogP contribution >= 0.6 is 0 Å². The summed E-state index contributed by atoms with van der Waals surface area (Å²) in [6.07, 6.45) is 2.15. The number of guanidine groups is 1. The Bertz CT molecular complexity index is 2900. The summed E-state index contributed by atoms with van der Waals surface area (Å²) in [5.41, 5.74) is 10.5. The van der Waals surface area contributed by atoms with E-state index in [4.69, 9.17) is 19.9 Å². The average molecular weight is 990 g/mol. The maximum atomic E-state index is 15.1. The van der Waals surface area contributed by atoms with Crippen molar-refractivity contribution < 1.29 is 37.0 Å². The predicted octanol–water partition coefficient (Wildman–Crippen LogP) is 8.85. The number of para-hydroxylation sites is 1. The highest BCUT2D eigenvalue weighted by Crippen LogP contribution is 2.44. The molecule has 71 heavy (non-hydrogen) atoms. The number of ether oxygens (including phenoxy) is 3. The summed E-state index contributed by atoms with van der Waals surface area (Å²) in [5.74, 6) is 0.373. The normalized spacial score (nSPS) is 17.9. The SMILES string of the molecule is Cc1c(C)c(S(=O)(=O)NC(N)=NCCC[C@H]2C(=O)N(Cc3ccccc3)C[C@@H]([C@H](Cc3cn(C(=O)OC(C)(C)C)c4ccccc34)NC(=O)OC(C)(C)C)N2Cc2ccccc2)c(C)c2c1OC(C)(C)C2. The van der Waals surface area contributed by atoms with Crippen LogP contribution in [-0.4, -0.2) is 94.9 Å².